The molecule has 0 N–H and O–H groups in total. The fourth-order valence-electron chi connectivity index (χ4n) is 1.50. The van der Waals surface area contributed by atoms with Crippen LogP contribution in [0.2, 0.25) is 0 Å². The van der Waals surface area contributed by atoms with Crippen LogP contribution in [0, 0.1) is 0 Å². The minimum Gasteiger partial charge on any atom is -0.459 e. The molecule has 0 aromatic rings. The lowest BCUT2D eigenvalue weighted by atomic mass is 10.3. The minimum absolute atomic E-state index is 0.0223. The average Bonchev–Trinajstić information content (AvgIpc) is 2.42. The van der Waals surface area contributed by atoms with E-state index in [0.717, 1.165) is 6.42 Å². The fourth-order valence-corrected chi connectivity index (χ4v) is 1.50. The predicted octanol–water partition coefficient (Wildman–Crippen LogP) is 0.187. The molecule has 5 nitrogen and oxygen atoms in total. The smallest absolute Gasteiger partial charge is 0.397 e. The molecule has 1 atom stereocenters. The highest BCUT2D eigenvalue weighted by atomic mass is 16.5. The van der Waals surface area contributed by atoms with Crippen LogP contribution in [0.15, 0.2) is 0 Å². The number of carbonyl (C=O) groups excluding carboxylic acids is 2. The van der Waals surface area contributed by atoms with Gasteiger partial charge in [0.1, 0.15) is 0 Å². The van der Waals surface area contributed by atoms with Gasteiger partial charge in [0.2, 0.25) is 0 Å². The molecule has 1 unspecified atom stereocenters. The van der Waals surface area contributed by atoms with E-state index in [1.54, 1.807) is 6.92 Å². The minimum atomic E-state index is -0.772. The Hall–Kier alpha value is -1.10. The average molecular weight is 215 g/mol. The van der Waals surface area contributed by atoms with Crippen molar-refractivity contribution < 1.29 is 19.1 Å². The van der Waals surface area contributed by atoms with Crippen molar-refractivity contribution in [3.63, 3.8) is 0 Å². The van der Waals surface area contributed by atoms with Gasteiger partial charge in [-0.2, -0.15) is 0 Å². The molecule has 0 aromatic heterocycles. The summed E-state index contributed by atoms with van der Waals surface area (Å²) in [6.07, 6.45) is 0.737. The lowest BCUT2D eigenvalue weighted by Crippen LogP contribution is -2.41. The summed E-state index contributed by atoms with van der Waals surface area (Å²) >= 11 is 0. The van der Waals surface area contributed by atoms with Gasteiger partial charge in [-0.05, 0) is 20.3 Å². The molecule has 86 valence electrons. The molecular formula is C10H17NO4. The lowest BCUT2D eigenvalue weighted by molar-refractivity contribution is -0.160. The van der Waals surface area contributed by atoms with Crippen LogP contribution < -0.4 is 0 Å². The summed E-state index contributed by atoms with van der Waals surface area (Å²) in [5.74, 6) is -1.33. The normalized spacial score (nSPS) is 22.0. The van der Waals surface area contributed by atoms with E-state index in [4.69, 9.17) is 4.74 Å². The second-order valence-corrected chi connectivity index (χ2v) is 3.51. The van der Waals surface area contributed by atoms with Gasteiger partial charge in [0.05, 0.1) is 12.7 Å². The molecule has 1 fully saturated rings. The maximum atomic E-state index is 11.6. The third-order valence-electron chi connectivity index (χ3n) is 2.19. The van der Waals surface area contributed by atoms with E-state index in [1.165, 1.54) is 4.90 Å². The first-order valence-electron chi connectivity index (χ1n) is 5.22. The molecule has 5 heteroatoms. The standard InChI is InChI=1S/C10H17NO4/c1-3-14-10(13)9(12)11-5-4-6-15-8(2)7-11/h8H,3-7H2,1-2H3. The Balaban J connectivity index is 2.53. The van der Waals surface area contributed by atoms with Crippen LogP contribution >= 0.6 is 0 Å². The Morgan fingerprint density at radius 2 is 2.27 bits per heavy atom. The first kappa shape index (κ1) is 12.0. The van der Waals surface area contributed by atoms with Gasteiger partial charge in [-0.3, -0.25) is 4.79 Å². The molecule has 1 aliphatic rings. The Kier molecular flexibility index (Phi) is 4.55. The van der Waals surface area contributed by atoms with Crippen LogP contribution in [-0.2, 0) is 19.1 Å². The van der Waals surface area contributed by atoms with E-state index in [-0.39, 0.29) is 12.7 Å². The second-order valence-electron chi connectivity index (χ2n) is 3.51. The molecule has 0 bridgehead atoms. The fraction of sp³-hybridized carbons (Fsp3) is 0.800. The molecular weight excluding hydrogens is 198 g/mol. The van der Waals surface area contributed by atoms with Crippen LogP contribution in [0.4, 0.5) is 0 Å². The zero-order chi connectivity index (χ0) is 11.3. The van der Waals surface area contributed by atoms with E-state index in [2.05, 4.69) is 4.74 Å². The zero-order valence-corrected chi connectivity index (χ0v) is 9.19. The van der Waals surface area contributed by atoms with Gasteiger partial charge >= 0.3 is 11.9 Å². The third kappa shape index (κ3) is 3.51. The highest BCUT2D eigenvalue weighted by molar-refractivity contribution is 6.32. The van der Waals surface area contributed by atoms with Gasteiger partial charge in [0.15, 0.2) is 0 Å². The largest absolute Gasteiger partial charge is 0.459 e. The first-order chi connectivity index (χ1) is 7.15. The number of carbonyl (C=O) groups is 2. The van der Waals surface area contributed by atoms with E-state index in [9.17, 15) is 9.59 Å². The number of hydrogen-bond acceptors (Lipinski definition) is 4. The third-order valence-corrected chi connectivity index (χ3v) is 2.19. The highest BCUT2D eigenvalue weighted by Gasteiger charge is 2.25. The maximum Gasteiger partial charge on any atom is 0.397 e. The van der Waals surface area contributed by atoms with Gasteiger partial charge in [-0.25, -0.2) is 4.79 Å². The molecule has 1 rings (SSSR count). The number of nitrogens with zero attached hydrogens (tertiary/aromatic N) is 1. The van der Waals surface area contributed by atoms with Crippen molar-refractivity contribution in [1.82, 2.24) is 4.90 Å². The molecule has 0 aromatic carbocycles. The monoisotopic (exact) mass is 215 g/mol. The summed E-state index contributed by atoms with van der Waals surface area (Å²) in [4.78, 5) is 24.3. The molecule has 1 heterocycles. The van der Waals surface area contributed by atoms with Gasteiger partial charge in [-0.1, -0.05) is 0 Å². The van der Waals surface area contributed by atoms with Crippen molar-refractivity contribution in [2.75, 3.05) is 26.3 Å². The first-order valence-corrected chi connectivity index (χ1v) is 5.22. The van der Waals surface area contributed by atoms with Gasteiger partial charge < -0.3 is 14.4 Å². The zero-order valence-electron chi connectivity index (χ0n) is 9.19. The van der Waals surface area contributed by atoms with E-state index < -0.39 is 11.9 Å². The van der Waals surface area contributed by atoms with Crippen molar-refractivity contribution in [2.24, 2.45) is 0 Å². The van der Waals surface area contributed by atoms with Crippen molar-refractivity contribution in [2.45, 2.75) is 26.4 Å². The Bertz CT molecular complexity index is 242. The van der Waals surface area contributed by atoms with Crippen LogP contribution in [-0.4, -0.2) is 49.2 Å². The number of ether oxygens (including phenoxy) is 2. The summed E-state index contributed by atoms with van der Waals surface area (Å²) in [6, 6.07) is 0. The number of hydrogen-bond donors (Lipinski definition) is 0. The Morgan fingerprint density at radius 1 is 1.53 bits per heavy atom. The lowest BCUT2D eigenvalue weighted by Gasteiger charge is -2.20. The van der Waals surface area contributed by atoms with E-state index >= 15 is 0 Å². The van der Waals surface area contributed by atoms with Crippen LogP contribution in [0.5, 0.6) is 0 Å². The van der Waals surface area contributed by atoms with E-state index in [0.29, 0.717) is 19.7 Å². The van der Waals surface area contributed by atoms with Crippen molar-refractivity contribution in [3.8, 4) is 0 Å². The van der Waals surface area contributed by atoms with Crippen molar-refractivity contribution in [1.29, 1.82) is 0 Å². The van der Waals surface area contributed by atoms with Crippen LogP contribution in [0.1, 0.15) is 20.3 Å². The van der Waals surface area contributed by atoms with Gasteiger partial charge in [-0.15, -0.1) is 0 Å². The summed E-state index contributed by atoms with van der Waals surface area (Å²) in [6.45, 7) is 5.44. The molecule has 0 aliphatic carbocycles. The molecule has 0 spiro atoms. The Morgan fingerprint density at radius 3 is 2.93 bits per heavy atom. The SMILES string of the molecule is CCOC(=O)C(=O)N1CCCOC(C)C1. The van der Waals surface area contributed by atoms with Crippen molar-refractivity contribution >= 4 is 11.9 Å². The maximum absolute atomic E-state index is 11.6. The van der Waals surface area contributed by atoms with Crippen molar-refractivity contribution in [3.05, 3.63) is 0 Å². The molecule has 1 aliphatic heterocycles. The number of esters is 1. The van der Waals surface area contributed by atoms with E-state index in [1.807, 2.05) is 6.92 Å². The molecule has 0 radical (unpaired) electrons. The Labute approximate surface area is 89.3 Å². The van der Waals surface area contributed by atoms with Gasteiger partial charge in [0.25, 0.3) is 0 Å². The summed E-state index contributed by atoms with van der Waals surface area (Å²) in [5, 5.41) is 0. The topological polar surface area (TPSA) is 55.8 Å². The van der Waals surface area contributed by atoms with Gasteiger partial charge in [0, 0.05) is 19.7 Å². The molecule has 1 amide bonds. The second kappa shape index (κ2) is 5.70. The summed E-state index contributed by atoms with van der Waals surface area (Å²) in [7, 11) is 0. The quantitative estimate of drug-likeness (QED) is 0.463. The molecule has 0 saturated carbocycles. The number of rotatable bonds is 1. The summed E-state index contributed by atoms with van der Waals surface area (Å²) in [5.41, 5.74) is 0. The summed E-state index contributed by atoms with van der Waals surface area (Å²) < 4.78 is 10.0. The highest BCUT2D eigenvalue weighted by Crippen LogP contribution is 2.06. The predicted molar refractivity (Wildman–Crippen MR) is 53.2 cm³/mol. The molecule has 1 saturated heterocycles. The van der Waals surface area contributed by atoms with Crippen LogP contribution in [0.25, 0.3) is 0 Å². The molecule has 15 heavy (non-hydrogen) atoms. The van der Waals surface area contributed by atoms with Crippen LogP contribution in [0.3, 0.4) is 0 Å². The number of amides is 1.